The maximum Gasteiger partial charge on any atom is 0.183 e. The van der Waals surface area contributed by atoms with Gasteiger partial charge in [0.2, 0.25) is 0 Å². The van der Waals surface area contributed by atoms with Gasteiger partial charge in [-0.2, -0.15) is 5.10 Å². The van der Waals surface area contributed by atoms with Crippen molar-refractivity contribution in [2.45, 2.75) is 31.3 Å². The number of Topliss-reactive ketones (excluding diaryl/α,β-unsaturated/α-hetero) is 1. The van der Waals surface area contributed by atoms with E-state index in [1.165, 1.54) is 24.0 Å². The van der Waals surface area contributed by atoms with Crippen molar-refractivity contribution in [1.29, 1.82) is 0 Å². The summed E-state index contributed by atoms with van der Waals surface area (Å²) < 4.78 is 1.99. The molecule has 0 amide bonds. The van der Waals surface area contributed by atoms with E-state index in [0.29, 0.717) is 24.1 Å². The molecule has 1 aliphatic heterocycles. The first-order valence-electron chi connectivity index (χ1n) is 10.2. The number of carbonyl (C=O) groups is 1. The summed E-state index contributed by atoms with van der Waals surface area (Å²) in [6, 6.07) is 23.8. The van der Waals surface area contributed by atoms with Crippen molar-refractivity contribution in [3.05, 3.63) is 89.7 Å². The van der Waals surface area contributed by atoms with Crippen molar-refractivity contribution in [2.75, 3.05) is 13.1 Å². The van der Waals surface area contributed by atoms with Crippen LogP contribution >= 0.6 is 0 Å². The number of rotatable bonds is 7. The first kappa shape index (κ1) is 17.4. The number of benzene rings is 2. The second-order valence-corrected chi connectivity index (χ2v) is 8.08. The van der Waals surface area contributed by atoms with E-state index in [1.807, 2.05) is 16.9 Å². The molecule has 2 aliphatic rings. The summed E-state index contributed by atoms with van der Waals surface area (Å²) >= 11 is 0. The quantitative estimate of drug-likeness (QED) is 0.574. The lowest BCUT2D eigenvalue weighted by atomic mass is 9.93. The van der Waals surface area contributed by atoms with E-state index >= 15 is 0 Å². The fourth-order valence-electron chi connectivity index (χ4n) is 4.13. The van der Waals surface area contributed by atoms with Crippen molar-refractivity contribution in [1.82, 2.24) is 14.7 Å². The Morgan fingerprint density at radius 2 is 1.54 bits per heavy atom. The van der Waals surface area contributed by atoms with Gasteiger partial charge in [-0.3, -0.25) is 14.4 Å². The molecular weight excluding hydrogens is 346 g/mol. The molecule has 1 aliphatic carbocycles. The minimum atomic E-state index is 0.198. The van der Waals surface area contributed by atoms with Gasteiger partial charge in [0.25, 0.3) is 0 Å². The van der Waals surface area contributed by atoms with Gasteiger partial charge in [0, 0.05) is 25.7 Å². The fourth-order valence-corrected chi connectivity index (χ4v) is 4.13. The number of aromatic nitrogens is 2. The Morgan fingerprint density at radius 1 is 0.929 bits per heavy atom. The zero-order valence-electron chi connectivity index (χ0n) is 15.9. The van der Waals surface area contributed by atoms with Crippen molar-refractivity contribution < 1.29 is 4.79 Å². The summed E-state index contributed by atoms with van der Waals surface area (Å²) in [5.74, 6) is 0.804. The summed E-state index contributed by atoms with van der Waals surface area (Å²) in [6.07, 6.45) is 5.04. The van der Waals surface area contributed by atoms with Crippen LogP contribution in [-0.4, -0.2) is 33.6 Å². The van der Waals surface area contributed by atoms with E-state index in [0.717, 1.165) is 13.1 Å². The third kappa shape index (κ3) is 3.52. The fraction of sp³-hybridized carbons (Fsp3) is 0.333. The van der Waals surface area contributed by atoms with Crippen LogP contribution in [0.3, 0.4) is 0 Å². The molecule has 4 nitrogen and oxygen atoms in total. The summed E-state index contributed by atoms with van der Waals surface area (Å²) in [6.45, 7) is 1.87. The minimum Gasteiger partial charge on any atom is -0.292 e. The molecule has 0 bridgehead atoms. The lowest BCUT2D eigenvalue weighted by Gasteiger charge is -2.44. The third-order valence-corrected chi connectivity index (χ3v) is 5.93. The molecule has 0 spiro atoms. The standard InChI is InChI=1S/C24H25N3O/c28-23(15-18-11-12-18)22-13-14-27(25-22)21-16-26(17-21)24(19-7-3-1-4-8-19)20-9-5-2-6-10-20/h1-10,13-14,18,21,24H,11-12,15-17H2. The summed E-state index contributed by atoms with van der Waals surface area (Å²) in [7, 11) is 0. The van der Waals surface area contributed by atoms with Crippen LogP contribution in [0.2, 0.25) is 0 Å². The molecule has 28 heavy (non-hydrogen) atoms. The van der Waals surface area contributed by atoms with Gasteiger partial charge in [-0.1, -0.05) is 60.7 Å². The Hall–Kier alpha value is -2.72. The van der Waals surface area contributed by atoms with Gasteiger partial charge in [0.1, 0.15) is 5.69 Å². The van der Waals surface area contributed by atoms with Gasteiger partial charge < -0.3 is 0 Å². The monoisotopic (exact) mass is 371 g/mol. The zero-order chi connectivity index (χ0) is 18.9. The Morgan fingerprint density at radius 3 is 2.11 bits per heavy atom. The topological polar surface area (TPSA) is 38.1 Å². The number of ketones is 1. The Labute approximate surface area is 165 Å². The highest BCUT2D eigenvalue weighted by atomic mass is 16.1. The smallest absolute Gasteiger partial charge is 0.183 e. The number of likely N-dealkylation sites (tertiary alicyclic amines) is 1. The van der Waals surface area contributed by atoms with Crippen molar-refractivity contribution in [2.24, 2.45) is 5.92 Å². The lowest BCUT2D eigenvalue weighted by molar-refractivity contribution is 0.0677. The molecule has 3 aromatic rings. The minimum absolute atomic E-state index is 0.198. The molecule has 2 aromatic carbocycles. The maximum absolute atomic E-state index is 12.3. The predicted octanol–water partition coefficient (Wildman–Crippen LogP) is 4.51. The molecule has 1 aromatic heterocycles. The molecule has 0 unspecified atom stereocenters. The predicted molar refractivity (Wildman–Crippen MR) is 109 cm³/mol. The molecule has 1 saturated heterocycles. The first-order chi connectivity index (χ1) is 13.8. The van der Waals surface area contributed by atoms with Crippen molar-refractivity contribution in [3.8, 4) is 0 Å². The second-order valence-electron chi connectivity index (χ2n) is 8.08. The molecule has 5 rings (SSSR count). The maximum atomic E-state index is 12.3. The molecule has 2 fully saturated rings. The van der Waals surface area contributed by atoms with Gasteiger partial charge in [-0.05, 0) is 36.0 Å². The number of nitrogens with zero attached hydrogens (tertiary/aromatic N) is 3. The molecule has 4 heteroatoms. The van der Waals surface area contributed by atoms with Crippen LogP contribution in [0.15, 0.2) is 72.9 Å². The molecule has 142 valence electrons. The van der Waals surface area contributed by atoms with E-state index in [1.54, 1.807) is 0 Å². The summed E-state index contributed by atoms with van der Waals surface area (Å²) in [5.41, 5.74) is 3.26. The van der Waals surface area contributed by atoms with Crippen LogP contribution in [0.5, 0.6) is 0 Å². The first-order valence-corrected chi connectivity index (χ1v) is 10.2. The van der Waals surface area contributed by atoms with Gasteiger partial charge in [-0.25, -0.2) is 0 Å². The Kier molecular flexibility index (Phi) is 4.57. The van der Waals surface area contributed by atoms with Gasteiger partial charge in [0.05, 0.1) is 12.1 Å². The average molecular weight is 371 g/mol. The van der Waals surface area contributed by atoms with E-state index in [2.05, 4.69) is 70.7 Å². The van der Waals surface area contributed by atoms with Gasteiger partial charge in [0.15, 0.2) is 5.78 Å². The number of carbonyl (C=O) groups excluding carboxylic acids is 1. The average Bonchev–Trinajstić information content (AvgIpc) is 3.38. The Balaban J connectivity index is 1.30. The van der Waals surface area contributed by atoms with Crippen LogP contribution in [0, 0.1) is 5.92 Å². The molecule has 0 atom stereocenters. The highest BCUT2D eigenvalue weighted by Gasteiger charge is 2.35. The number of hydrogen-bond donors (Lipinski definition) is 0. The summed E-state index contributed by atoms with van der Waals surface area (Å²) in [5, 5.41) is 4.59. The Bertz CT molecular complexity index is 901. The lowest BCUT2D eigenvalue weighted by Crippen LogP contribution is -2.49. The summed E-state index contributed by atoms with van der Waals surface area (Å²) in [4.78, 5) is 14.8. The van der Waals surface area contributed by atoms with Gasteiger partial charge >= 0.3 is 0 Å². The van der Waals surface area contributed by atoms with Crippen LogP contribution in [-0.2, 0) is 0 Å². The largest absolute Gasteiger partial charge is 0.292 e. The van der Waals surface area contributed by atoms with Crippen LogP contribution in [0.1, 0.15) is 53.0 Å². The van der Waals surface area contributed by atoms with E-state index < -0.39 is 0 Å². The van der Waals surface area contributed by atoms with Crippen LogP contribution < -0.4 is 0 Å². The second kappa shape index (κ2) is 7.36. The normalized spacial score (nSPS) is 17.6. The van der Waals surface area contributed by atoms with E-state index in [4.69, 9.17) is 0 Å². The van der Waals surface area contributed by atoms with E-state index in [-0.39, 0.29) is 11.8 Å². The molecule has 0 radical (unpaired) electrons. The van der Waals surface area contributed by atoms with Crippen LogP contribution in [0.4, 0.5) is 0 Å². The molecular formula is C24H25N3O. The molecule has 1 saturated carbocycles. The van der Waals surface area contributed by atoms with Gasteiger partial charge in [-0.15, -0.1) is 0 Å². The van der Waals surface area contributed by atoms with Crippen molar-refractivity contribution >= 4 is 5.78 Å². The third-order valence-electron chi connectivity index (χ3n) is 5.93. The molecule has 0 N–H and O–H groups in total. The van der Waals surface area contributed by atoms with E-state index in [9.17, 15) is 4.79 Å². The highest BCUT2D eigenvalue weighted by molar-refractivity contribution is 5.94. The highest BCUT2D eigenvalue weighted by Crippen LogP contribution is 2.36. The molecule has 2 heterocycles. The number of hydrogen-bond acceptors (Lipinski definition) is 3. The zero-order valence-corrected chi connectivity index (χ0v) is 15.9. The van der Waals surface area contributed by atoms with Crippen molar-refractivity contribution in [3.63, 3.8) is 0 Å². The SMILES string of the molecule is O=C(CC1CC1)c1ccn(C2CN(C(c3ccccc3)c3ccccc3)C2)n1. The van der Waals surface area contributed by atoms with Crippen LogP contribution in [0.25, 0.3) is 0 Å².